The Hall–Kier alpha value is -0.0800. The van der Waals surface area contributed by atoms with Gasteiger partial charge < -0.3 is 9.84 Å². The maximum atomic E-state index is 9.71. The van der Waals surface area contributed by atoms with Gasteiger partial charge in [-0.1, -0.05) is 6.42 Å². The van der Waals surface area contributed by atoms with Gasteiger partial charge in [-0.25, -0.2) is 0 Å². The Bertz CT molecular complexity index is 169. The Morgan fingerprint density at radius 3 is 2.91 bits per heavy atom. The van der Waals surface area contributed by atoms with Gasteiger partial charge >= 0.3 is 0 Å². The van der Waals surface area contributed by atoms with Crippen LogP contribution >= 0.6 is 0 Å². The summed E-state index contributed by atoms with van der Waals surface area (Å²) in [4.78, 5) is 0. The van der Waals surface area contributed by atoms with Crippen molar-refractivity contribution in [1.29, 1.82) is 0 Å². The van der Waals surface area contributed by atoms with Crippen LogP contribution < -0.4 is 0 Å². The first-order valence-electron chi connectivity index (χ1n) is 4.49. The first kappa shape index (κ1) is 7.56. The number of aliphatic hydroxyl groups is 1. The topological polar surface area (TPSA) is 29.5 Å². The third-order valence-corrected chi connectivity index (χ3v) is 3.32. The van der Waals surface area contributed by atoms with Crippen LogP contribution in [0.15, 0.2) is 0 Å². The molecule has 0 spiro atoms. The molecular weight excluding hydrogens is 140 g/mol. The highest BCUT2D eigenvalue weighted by Gasteiger charge is 2.52. The van der Waals surface area contributed by atoms with Crippen LogP contribution in [0.2, 0.25) is 0 Å². The Labute approximate surface area is 67.6 Å². The number of aliphatic hydroxyl groups excluding tert-OH is 1. The Kier molecular flexibility index (Phi) is 1.52. The van der Waals surface area contributed by atoms with E-state index in [9.17, 15) is 5.11 Å². The lowest BCUT2D eigenvalue weighted by molar-refractivity contribution is -0.0360. The zero-order chi connectivity index (χ0) is 8.06. The van der Waals surface area contributed by atoms with Crippen LogP contribution in [0.3, 0.4) is 0 Å². The number of hydrogen-bond acceptors (Lipinski definition) is 2. The van der Waals surface area contributed by atoms with Crippen molar-refractivity contribution in [2.24, 2.45) is 5.92 Å². The molecule has 2 fully saturated rings. The average molecular weight is 156 g/mol. The summed E-state index contributed by atoms with van der Waals surface area (Å²) < 4.78 is 5.73. The highest BCUT2D eigenvalue weighted by atomic mass is 16.5. The van der Waals surface area contributed by atoms with E-state index in [-0.39, 0.29) is 17.8 Å². The van der Waals surface area contributed by atoms with Crippen molar-refractivity contribution in [3.8, 4) is 0 Å². The van der Waals surface area contributed by atoms with Gasteiger partial charge in [-0.05, 0) is 26.7 Å². The molecule has 0 aromatic carbocycles. The zero-order valence-corrected chi connectivity index (χ0v) is 7.21. The van der Waals surface area contributed by atoms with Crippen molar-refractivity contribution >= 4 is 0 Å². The molecule has 1 aliphatic heterocycles. The maximum absolute atomic E-state index is 9.71. The summed E-state index contributed by atoms with van der Waals surface area (Å²) in [5.41, 5.74) is -0.00116. The predicted octanol–water partition coefficient (Wildman–Crippen LogP) is 1.32. The molecule has 1 aliphatic carbocycles. The van der Waals surface area contributed by atoms with Gasteiger partial charge in [0.15, 0.2) is 0 Å². The molecule has 2 aliphatic rings. The number of ether oxygens (including phenoxy) is 1. The van der Waals surface area contributed by atoms with Gasteiger partial charge in [-0.2, -0.15) is 0 Å². The Morgan fingerprint density at radius 1 is 1.55 bits per heavy atom. The molecular formula is C9H16O2. The normalized spacial score (nSPS) is 56.5. The summed E-state index contributed by atoms with van der Waals surface area (Å²) >= 11 is 0. The van der Waals surface area contributed by atoms with Crippen molar-refractivity contribution < 1.29 is 9.84 Å². The molecule has 11 heavy (non-hydrogen) atoms. The minimum Gasteiger partial charge on any atom is -0.390 e. The van der Waals surface area contributed by atoms with E-state index in [0.29, 0.717) is 5.92 Å². The highest BCUT2D eigenvalue weighted by Crippen LogP contribution is 2.47. The molecule has 2 heteroatoms. The Morgan fingerprint density at radius 2 is 2.27 bits per heavy atom. The number of rotatable bonds is 0. The summed E-state index contributed by atoms with van der Waals surface area (Å²) in [5, 5.41) is 9.71. The fourth-order valence-corrected chi connectivity index (χ4v) is 2.66. The third kappa shape index (κ3) is 0.926. The van der Waals surface area contributed by atoms with Gasteiger partial charge in [0.1, 0.15) is 0 Å². The maximum Gasteiger partial charge on any atom is 0.0854 e. The molecule has 64 valence electrons. The third-order valence-electron chi connectivity index (χ3n) is 3.32. The number of fused-ring (bicyclic) bond motifs is 1. The van der Waals surface area contributed by atoms with E-state index < -0.39 is 0 Å². The molecule has 2 nitrogen and oxygen atoms in total. The van der Waals surface area contributed by atoms with Gasteiger partial charge in [-0.3, -0.25) is 0 Å². The molecule has 0 bridgehead atoms. The first-order chi connectivity index (χ1) is 5.13. The van der Waals surface area contributed by atoms with E-state index in [1.807, 2.05) is 6.92 Å². The molecule has 4 atom stereocenters. The number of hydrogen-bond donors (Lipinski definition) is 1. The second-order valence-corrected chi connectivity index (χ2v) is 4.12. The molecule has 0 radical (unpaired) electrons. The minimum absolute atomic E-state index is 0.00116. The summed E-state index contributed by atoms with van der Waals surface area (Å²) in [6.07, 6.45) is 3.30. The second kappa shape index (κ2) is 2.20. The van der Waals surface area contributed by atoms with Crippen molar-refractivity contribution in [3.05, 3.63) is 0 Å². The standard InChI is InChI=1S/C9H16O2/c1-6-8(10)7-4-3-5-9(7,2)11-6/h6-8,10H,3-5H2,1-2H3. The lowest BCUT2D eigenvalue weighted by Gasteiger charge is -2.22. The molecule has 4 unspecified atom stereocenters. The minimum atomic E-state index is -0.220. The van der Waals surface area contributed by atoms with E-state index in [1.54, 1.807) is 0 Å². The molecule has 1 N–H and O–H groups in total. The van der Waals surface area contributed by atoms with E-state index in [4.69, 9.17) is 4.74 Å². The van der Waals surface area contributed by atoms with Gasteiger partial charge in [-0.15, -0.1) is 0 Å². The van der Waals surface area contributed by atoms with E-state index in [0.717, 1.165) is 12.8 Å². The van der Waals surface area contributed by atoms with Crippen LogP contribution in [0, 0.1) is 5.92 Å². The lowest BCUT2D eigenvalue weighted by Crippen LogP contribution is -2.29. The van der Waals surface area contributed by atoms with Crippen LogP contribution in [0.1, 0.15) is 33.1 Å². The summed E-state index contributed by atoms with van der Waals surface area (Å²) in [5.74, 6) is 0.400. The smallest absolute Gasteiger partial charge is 0.0854 e. The molecule has 0 aromatic heterocycles. The van der Waals surface area contributed by atoms with Crippen LogP contribution in [0.4, 0.5) is 0 Å². The van der Waals surface area contributed by atoms with Crippen LogP contribution in [0.25, 0.3) is 0 Å². The van der Waals surface area contributed by atoms with E-state index in [1.165, 1.54) is 6.42 Å². The second-order valence-electron chi connectivity index (χ2n) is 4.12. The summed E-state index contributed by atoms with van der Waals surface area (Å²) in [7, 11) is 0. The average Bonchev–Trinajstić information content (AvgIpc) is 2.36. The van der Waals surface area contributed by atoms with E-state index in [2.05, 4.69) is 6.92 Å². The largest absolute Gasteiger partial charge is 0.390 e. The summed E-state index contributed by atoms with van der Waals surface area (Å²) in [6.45, 7) is 4.10. The molecule has 2 rings (SSSR count). The zero-order valence-electron chi connectivity index (χ0n) is 7.21. The molecule has 0 aromatic rings. The SMILES string of the molecule is CC1OC2(C)CCCC2C1O. The van der Waals surface area contributed by atoms with Crippen molar-refractivity contribution in [2.45, 2.75) is 50.9 Å². The van der Waals surface area contributed by atoms with Gasteiger partial charge in [0, 0.05) is 5.92 Å². The molecule has 1 saturated heterocycles. The highest BCUT2D eigenvalue weighted by molar-refractivity contribution is 5.01. The predicted molar refractivity (Wildman–Crippen MR) is 42.3 cm³/mol. The van der Waals surface area contributed by atoms with Crippen molar-refractivity contribution in [2.75, 3.05) is 0 Å². The van der Waals surface area contributed by atoms with E-state index >= 15 is 0 Å². The van der Waals surface area contributed by atoms with Gasteiger partial charge in [0.05, 0.1) is 17.8 Å². The van der Waals surface area contributed by atoms with Crippen LogP contribution in [0.5, 0.6) is 0 Å². The lowest BCUT2D eigenvalue weighted by atomic mass is 9.90. The Balaban J connectivity index is 2.21. The van der Waals surface area contributed by atoms with Crippen molar-refractivity contribution in [3.63, 3.8) is 0 Å². The van der Waals surface area contributed by atoms with Crippen LogP contribution in [-0.2, 0) is 4.74 Å². The quantitative estimate of drug-likeness (QED) is 0.573. The molecule has 1 saturated carbocycles. The monoisotopic (exact) mass is 156 g/mol. The fraction of sp³-hybridized carbons (Fsp3) is 1.00. The first-order valence-corrected chi connectivity index (χ1v) is 4.49. The van der Waals surface area contributed by atoms with Crippen LogP contribution in [-0.4, -0.2) is 22.9 Å². The fourth-order valence-electron chi connectivity index (χ4n) is 2.66. The van der Waals surface area contributed by atoms with Gasteiger partial charge in [0.2, 0.25) is 0 Å². The molecule has 0 amide bonds. The summed E-state index contributed by atoms with van der Waals surface area (Å²) in [6, 6.07) is 0. The van der Waals surface area contributed by atoms with Gasteiger partial charge in [0.25, 0.3) is 0 Å². The van der Waals surface area contributed by atoms with Crippen molar-refractivity contribution in [1.82, 2.24) is 0 Å². The molecule has 1 heterocycles.